The van der Waals surface area contributed by atoms with Crippen molar-refractivity contribution in [2.45, 2.75) is 56.3 Å². The molecule has 11 heteroatoms. The van der Waals surface area contributed by atoms with Crippen LogP contribution in [0.2, 0.25) is 0 Å². The van der Waals surface area contributed by atoms with Gasteiger partial charge in [-0.3, -0.25) is 9.69 Å². The Hall–Kier alpha value is -3.94. The molecule has 0 aromatic heterocycles. The van der Waals surface area contributed by atoms with Gasteiger partial charge in [0, 0.05) is 36.8 Å². The van der Waals surface area contributed by atoms with Crippen LogP contribution in [-0.2, 0) is 42.1 Å². The third-order valence-electron chi connectivity index (χ3n) is 9.34. The number of anilines is 1. The van der Waals surface area contributed by atoms with Crippen molar-refractivity contribution in [2.75, 3.05) is 38.2 Å². The van der Waals surface area contributed by atoms with Crippen LogP contribution in [0.25, 0.3) is 0 Å². The highest BCUT2D eigenvalue weighted by Gasteiger charge is 2.39. The van der Waals surface area contributed by atoms with E-state index in [1.807, 2.05) is 73.7 Å². The minimum Gasteiger partial charge on any atom is -0.392 e. The Balaban J connectivity index is 1.19. The molecule has 2 saturated heterocycles. The average molecular weight is 700 g/mol. The Kier molecular flexibility index (Phi) is 11.8. The van der Waals surface area contributed by atoms with Gasteiger partial charge in [-0.05, 0) is 54.3 Å². The predicted octanol–water partition coefficient (Wildman–Crippen LogP) is 5.14. The Labute approximate surface area is 294 Å². The van der Waals surface area contributed by atoms with Gasteiger partial charge < -0.3 is 24.6 Å². The number of hydrogen-bond donors (Lipinski definition) is 3. The molecule has 2 aliphatic heterocycles. The number of carbonyl (C=O) groups is 1. The lowest BCUT2D eigenvalue weighted by Gasteiger charge is -2.43. The summed E-state index contributed by atoms with van der Waals surface area (Å²) in [4.78, 5) is 16.1. The third-order valence-corrected chi connectivity index (χ3v) is 10.8. The quantitative estimate of drug-likeness (QED) is 0.186. The molecule has 50 heavy (non-hydrogen) atoms. The Bertz CT molecular complexity index is 1800. The molecule has 4 aromatic rings. The second-order valence-electron chi connectivity index (χ2n) is 13.0. The summed E-state index contributed by atoms with van der Waals surface area (Å²) in [6.45, 7) is 7.81. The fourth-order valence-electron chi connectivity index (χ4n) is 6.33. The minimum absolute atomic E-state index is 0.0265. The Morgan fingerprint density at radius 2 is 1.52 bits per heavy atom. The first-order valence-corrected chi connectivity index (χ1v) is 18.5. The summed E-state index contributed by atoms with van der Waals surface area (Å²) in [5, 5.41) is 12.5. The molecular weight excluding hydrogens is 655 g/mol. The van der Waals surface area contributed by atoms with E-state index in [0.29, 0.717) is 18.9 Å². The van der Waals surface area contributed by atoms with E-state index in [9.17, 15) is 18.3 Å². The molecule has 0 saturated carbocycles. The lowest BCUT2D eigenvalue weighted by atomic mass is 9.90. The van der Waals surface area contributed by atoms with E-state index in [2.05, 4.69) is 21.9 Å². The first kappa shape index (κ1) is 35.9. The number of aliphatic hydroxyl groups excluding tert-OH is 1. The number of benzene rings is 4. The number of ether oxygens (including phenoxy) is 3. The van der Waals surface area contributed by atoms with Gasteiger partial charge in [-0.25, -0.2) is 8.42 Å². The zero-order valence-corrected chi connectivity index (χ0v) is 29.2. The van der Waals surface area contributed by atoms with Crippen molar-refractivity contribution in [2.24, 2.45) is 5.92 Å². The number of sulfonamides is 1. The van der Waals surface area contributed by atoms with Crippen LogP contribution in [0.5, 0.6) is 0 Å². The van der Waals surface area contributed by atoms with Crippen LogP contribution in [0.1, 0.15) is 47.1 Å². The first-order chi connectivity index (χ1) is 24.2. The zero-order valence-electron chi connectivity index (χ0n) is 28.4. The van der Waals surface area contributed by atoms with Crippen molar-refractivity contribution in [3.05, 3.63) is 131 Å². The molecule has 0 spiro atoms. The number of morpholine rings is 1. The van der Waals surface area contributed by atoms with Gasteiger partial charge in [-0.1, -0.05) is 91.3 Å². The van der Waals surface area contributed by atoms with Crippen LogP contribution >= 0.6 is 0 Å². The van der Waals surface area contributed by atoms with Crippen LogP contribution < -0.4 is 10.0 Å². The van der Waals surface area contributed by atoms with Gasteiger partial charge in [0.05, 0.1) is 36.9 Å². The third kappa shape index (κ3) is 9.04. The average Bonchev–Trinajstić information content (AvgIpc) is 3.13. The summed E-state index contributed by atoms with van der Waals surface area (Å²) in [5.41, 5.74) is 4.90. The maximum atomic E-state index is 13.7. The summed E-state index contributed by atoms with van der Waals surface area (Å²) >= 11 is 0. The molecule has 0 bridgehead atoms. The lowest BCUT2D eigenvalue weighted by Crippen LogP contribution is -2.47. The maximum Gasteiger partial charge on any atom is 0.242 e. The number of aryl methyl sites for hydroxylation is 1. The molecule has 2 heterocycles. The molecule has 264 valence electrons. The molecule has 10 nitrogen and oxygen atoms in total. The van der Waals surface area contributed by atoms with E-state index in [1.165, 1.54) is 12.1 Å². The molecule has 5 atom stereocenters. The van der Waals surface area contributed by atoms with Crippen LogP contribution in [0.3, 0.4) is 0 Å². The number of nitrogens with zero attached hydrogens (tertiary/aromatic N) is 1. The molecule has 3 N–H and O–H groups in total. The fourth-order valence-corrected chi connectivity index (χ4v) is 7.53. The normalized spacial score (nSPS) is 22.1. The zero-order chi connectivity index (χ0) is 35.1. The molecular formula is C39H45N3O7S. The van der Waals surface area contributed by atoms with Crippen molar-refractivity contribution in [3.8, 4) is 0 Å². The highest BCUT2D eigenvalue weighted by atomic mass is 32.2. The standard InChI is InChI=1S/C39H45N3O7S/c1-27-8-18-34(19-9-27)50(45,46)41-35(24-29-6-4-3-5-7-29)38(44)40-33-16-14-32(15-17-33)39-48-36(25-42-20-22-47-23-21-42)28(2)37(49-39)31-12-10-30(26-43)11-13-31/h3-19,28,35-37,39,41,43H,20-26H2,1-2H3,(H,40,44)/t28-,35+,36+,37+,39+/m0/s1. The topological polar surface area (TPSA) is 126 Å². The summed E-state index contributed by atoms with van der Waals surface area (Å²) in [5.74, 6) is -0.425. The highest BCUT2D eigenvalue weighted by molar-refractivity contribution is 7.89. The van der Waals surface area contributed by atoms with Gasteiger partial charge in [0.2, 0.25) is 15.9 Å². The van der Waals surface area contributed by atoms with E-state index in [-0.39, 0.29) is 36.0 Å². The van der Waals surface area contributed by atoms with E-state index in [1.54, 1.807) is 24.3 Å². The second-order valence-corrected chi connectivity index (χ2v) is 14.7. The Morgan fingerprint density at radius 1 is 0.860 bits per heavy atom. The van der Waals surface area contributed by atoms with Crippen molar-refractivity contribution < 1.29 is 32.5 Å². The number of amides is 1. The monoisotopic (exact) mass is 699 g/mol. The van der Waals surface area contributed by atoms with Crippen molar-refractivity contribution >= 4 is 21.6 Å². The number of carbonyl (C=O) groups excluding carboxylic acids is 1. The van der Waals surface area contributed by atoms with Crippen LogP contribution in [0.4, 0.5) is 5.69 Å². The van der Waals surface area contributed by atoms with E-state index in [4.69, 9.17) is 14.2 Å². The number of rotatable bonds is 12. The van der Waals surface area contributed by atoms with Crippen molar-refractivity contribution in [1.82, 2.24) is 9.62 Å². The summed E-state index contributed by atoms with van der Waals surface area (Å²) < 4.78 is 48.0. The maximum absolute atomic E-state index is 13.7. The summed E-state index contributed by atoms with van der Waals surface area (Å²) in [6, 6.07) is 29.8. The first-order valence-electron chi connectivity index (χ1n) is 17.0. The van der Waals surface area contributed by atoms with Crippen LogP contribution in [0, 0.1) is 12.8 Å². The van der Waals surface area contributed by atoms with Gasteiger partial charge in [0.25, 0.3) is 0 Å². The summed E-state index contributed by atoms with van der Waals surface area (Å²) in [7, 11) is -3.97. The van der Waals surface area contributed by atoms with Gasteiger partial charge in [-0.2, -0.15) is 4.72 Å². The molecule has 4 aromatic carbocycles. The molecule has 2 aliphatic rings. The lowest BCUT2D eigenvalue weighted by molar-refractivity contribution is -0.277. The van der Waals surface area contributed by atoms with Gasteiger partial charge >= 0.3 is 0 Å². The molecule has 0 unspecified atom stereocenters. The molecule has 0 aliphatic carbocycles. The van der Waals surface area contributed by atoms with Gasteiger partial charge in [-0.15, -0.1) is 0 Å². The smallest absolute Gasteiger partial charge is 0.242 e. The molecule has 2 fully saturated rings. The minimum atomic E-state index is -3.97. The largest absolute Gasteiger partial charge is 0.392 e. The van der Waals surface area contributed by atoms with Crippen molar-refractivity contribution in [3.63, 3.8) is 0 Å². The number of hydrogen-bond acceptors (Lipinski definition) is 8. The summed E-state index contributed by atoms with van der Waals surface area (Å²) in [6.07, 6.45) is -0.846. The number of aliphatic hydroxyl groups is 1. The predicted molar refractivity (Wildman–Crippen MR) is 191 cm³/mol. The molecule has 0 radical (unpaired) electrons. The van der Waals surface area contributed by atoms with E-state index in [0.717, 1.165) is 47.5 Å². The van der Waals surface area contributed by atoms with Gasteiger partial charge in [0.1, 0.15) is 6.04 Å². The van der Waals surface area contributed by atoms with Gasteiger partial charge in [0.15, 0.2) is 6.29 Å². The van der Waals surface area contributed by atoms with E-state index < -0.39 is 28.3 Å². The highest BCUT2D eigenvalue weighted by Crippen LogP contribution is 2.42. The molecule has 1 amide bonds. The SMILES string of the molecule is Cc1ccc(S(=O)(=O)N[C@H](Cc2ccccc2)C(=O)Nc2ccc([C@@H]3O[C@H](CN4CCOCC4)[C@H](C)[C@H](c4ccc(CO)cc4)O3)cc2)cc1. The van der Waals surface area contributed by atoms with E-state index >= 15 is 0 Å². The van der Waals surface area contributed by atoms with Crippen LogP contribution in [0.15, 0.2) is 108 Å². The molecule has 6 rings (SSSR count). The fraction of sp³-hybridized carbons (Fsp3) is 0.359. The van der Waals surface area contributed by atoms with Crippen molar-refractivity contribution in [1.29, 1.82) is 0 Å². The second kappa shape index (κ2) is 16.4. The number of nitrogens with one attached hydrogen (secondary N) is 2. The Morgan fingerprint density at radius 3 is 2.18 bits per heavy atom. The van der Waals surface area contributed by atoms with Crippen LogP contribution in [-0.4, -0.2) is 69.3 Å².